The quantitative estimate of drug-likeness (QED) is 0.126. The molecular formula is C29H62N2O8. The molecule has 10 nitrogen and oxygen atoms in total. The highest BCUT2D eigenvalue weighted by molar-refractivity contribution is 5.70. The molecule has 0 radical (unpaired) electrons. The molecule has 0 amide bonds. The molecule has 0 bridgehead atoms. The third-order valence-electron chi connectivity index (χ3n) is 5.30. The number of aliphatic hydroxyl groups excluding tert-OH is 1. The van der Waals surface area contributed by atoms with Crippen molar-refractivity contribution in [2.45, 2.75) is 100 Å². The van der Waals surface area contributed by atoms with Gasteiger partial charge in [-0.05, 0) is 49.5 Å². The Morgan fingerprint density at radius 3 is 1.36 bits per heavy atom. The standard InChI is InChI=1S/C8H17NO2.C8H16O3.C7H17N.C6H12O3/c2*1-6(2)3-4-7(5-9)8(10)11;1-7(2)5-3-4-6-8;1-5(2)3-9-4-6(7)8/h6-7H,3-5,9H2,1-2H3,(H,10,11);6-7,9H,3-5H2,1-2H3,(H,10,11);7H,3-6,8H2,1-2H3;5H,3-4H2,1-2H3,(H,7,8). The first-order chi connectivity index (χ1) is 18.0. The zero-order chi connectivity index (χ0) is 31.4. The number of aliphatic carboxylic acids is 3. The molecule has 0 aliphatic carbocycles. The predicted molar refractivity (Wildman–Crippen MR) is 158 cm³/mol. The number of carbonyl (C=O) groups is 3. The van der Waals surface area contributed by atoms with Crippen LogP contribution in [0.1, 0.15) is 100 Å². The van der Waals surface area contributed by atoms with Crippen LogP contribution in [0, 0.1) is 35.5 Å². The van der Waals surface area contributed by atoms with Crippen molar-refractivity contribution in [2.75, 3.05) is 32.9 Å². The zero-order valence-corrected chi connectivity index (χ0v) is 26.0. The van der Waals surface area contributed by atoms with Crippen molar-refractivity contribution in [3.63, 3.8) is 0 Å². The summed E-state index contributed by atoms with van der Waals surface area (Å²) in [5.74, 6) is -1.18. The SMILES string of the molecule is CC(C)CCC(CN)C(=O)O.CC(C)CCC(CO)C(=O)O.CC(C)CCCCN.CC(C)COCC(=O)O. The topological polar surface area (TPSA) is 193 Å². The second-order valence-electron chi connectivity index (χ2n) is 11.4. The lowest BCUT2D eigenvalue weighted by Gasteiger charge is -2.10. The lowest BCUT2D eigenvalue weighted by atomic mass is 9.98. The van der Waals surface area contributed by atoms with Crippen LogP contribution >= 0.6 is 0 Å². The molecule has 2 unspecified atom stereocenters. The highest BCUT2D eigenvalue weighted by Crippen LogP contribution is 2.12. The van der Waals surface area contributed by atoms with Gasteiger partial charge in [0, 0.05) is 13.2 Å². The van der Waals surface area contributed by atoms with Gasteiger partial charge in [-0.3, -0.25) is 9.59 Å². The highest BCUT2D eigenvalue weighted by Gasteiger charge is 2.16. The van der Waals surface area contributed by atoms with Crippen LogP contribution in [0.15, 0.2) is 0 Å². The Hall–Kier alpha value is -1.75. The van der Waals surface area contributed by atoms with Crippen LogP contribution in [0.4, 0.5) is 0 Å². The third kappa shape index (κ3) is 43.5. The van der Waals surface area contributed by atoms with Crippen LogP contribution in [0.2, 0.25) is 0 Å². The van der Waals surface area contributed by atoms with Crippen LogP contribution < -0.4 is 11.5 Å². The number of ether oxygens (including phenoxy) is 1. The van der Waals surface area contributed by atoms with Gasteiger partial charge >= 0.3 is 17.9 Å². The van der Waals surface area contributed by atoms with Crippen molar-refractivity contribution in [3.05, 3.63) is 0 Å². The van der Waals surface area contributed by atoms with E-state index in [1.807, 2.05) is 27.7 Å². The summed E-state index contributed by atoms with van der Waals surface area (Å²) in [5.41, 5.74) is 10.6. The lowest BCUT2D eigenvalue weighted by molar-refractivity contribution is -0.144. The first kappa shape index (κ1) is 44.3. The Morgan fingerprint density at radius 1 is 0.641 bits per heavy atom. The average molecular weight is 567 g/mol. The number of carboxylic acid groups (broad SMARTS) is 3. The minimum Gasteiger partial charge on any atom is -0.481 e. The molecule has 0 aromatic heterocycles. The number of carboxylic acids is 3. The first-order valence-corrected chi connectivity index (χ1v) is 14.3. The number of unbranched alkanes of at least 4 members (excludes halogenated alkanes) is 1. The molecule has 236 valence electrons. The number of aliphatic hydroxyl groups is 1. The molecule has 0 saturated carbocycles. The second-order valence-corrected chi connectivity index (χ2v) is 11.4. The second kappa shape index (κ2) is 30.8. The van der Waals surface area contributed by atoms with Crippen LogP contribution in [0.5, 0.6) is 0 Å². The molecule has 2 atom stereocenters. The van der Waals surface area contributed by atoms with E-state index in [4.69, 9.17) is 36.6 Å². The summed E-state index contributed by atoms with van der Waals surface area (Å²) in [6, 6.07) is 0. The van der Waals surface area contributed by atoms with Crippen molar-refractivity contribution in [1.82, 2.24) is 0 Å². The van der Waals surface area contributed by atoms with Crippen molar-refractivity contribution in [2.24, 2.45) is 47.0 Å². The molecule has 0 aromatic carbocycles. The maximum atomic E-state index is 10.5. The predicted octanol–water partition coefficient (Wildman–Crippen LogP) is 4.71. The Kier molecular flexibility index (Phi) is 35.0. The fourth-order valence-corrected chi connectivity index (χ4v) is 2.78. The normalized spacial score (nSPS) is 12.1. The molecule has 0 spiro atoms. The fourth-order valence-electron chi connectivity index (χ4n) is 2.78. The number of nitrogens with two attached hydrogens (primary N) is 2. The molecule has 0 aliphatic rings. The van der Waals surface area contributed by atoms with Crippen molar-refractivity contribution < 1.29 is 39.5 Å². The average Bonchev–Trinajstić information content (AvgIpc) is 2.80. The van der Waals surface area contributed by atoms with Crippen molar-refractivity contribution in [3.8, 4) is 0 Å². The molecular weight excluding hydrogens is 504 g/mol. The Morgan fingerprint density at radius 2 is 1.08 bits per heavy atom. The largest absolute Gasteiger partial charge is 0.481 e. The molecule has 39 heavy (non-hydrogen) atoms. The maximum absolute atomic E-state index is 10.5. The monoisotopic (exact) mass is 566 g/mol. The van der Waals surface area contributed by atoms with E-state index in [2.05, 4.69) is 27.7 Å². The van der Waals surface area contributed by atoms with E-state index in [9.17, 15) is 14.4 Å². The summed E-state index contributed by atoms with van der Waals surface area (Å²) in [6.45, 7) is 17.9. The minimum absolute atomic E-state index is 0.182. The number of rotatable bonds is 18. The van der Waals surface area contributed by atoms with Crippen LogP contribution in [-0.2, 0) is 19.1 Å². The van der Waals surface area contributed by atoms with Gasteiger partial charge in [0.25, 0.3) is 0 Å². The summed E-state index contributed by atoms with van der Waals surface area (Å²) >= 11 is 0. The van der Waals surface area contributed by atoms with E-state index in [-0.39, 0.29) is 25.7 Å². The molecule has 0 aromatic rings. The first-order valence-electron chi connectivity index (χ1n) is 14.3. The smallest absolute Gasteiger partial charge is 0.329 e. The van der Waals surface area contributed by atoms with Gasteiger partial charge in [-0.25, -0.2) is 4.79 Å². The van der Waals surface area contributed by atoms with E-state index in [0.717, 1.165) is 25.3 Å². The summed E-state index contributed by atoms with van der Waals surface area (Å²) in [5, 5.41) is 33.9. The molecule has 0 heterocycles. The maximum Gasteiger partial charge on any atom is 0.329 e. The van der Waals surface area contributed by atoms with Crippen molar-refractivity contribution in [1.29, 1.82) is 0 Å². The number of hydrogen-bond acceptors (Lipinski definition) is 7. The molecule has 0 fully saturated rings. The summed E-state index contributed by atoms with van der Waals surface area (Å²) in [7, 11) is 0. The molecule has 0 saturated heterocycles. The molecule has 0 rings (SSSR count). The van der Waals surface area contributed by atoms with Gasteiger partial charge < -0.3 is 36.6 Å². The van der Waals surface area contributed by atoms with Crippen LogP contribution in [-0.4, -0.2) is 71.2 Å². The Labute approximate surface area is 237 Å². The van der Waals surface area contributed by atoms with Gasteiger partial charge in [0.15, 0.2) is 0 Å². The summed E-state index contributed by atoms with van der Waals surface area (Å²) < 4.78 is 4.76. The van der Waals surface area contributed by atoms with E-state index < -0.39 is 23.8 Å². The number of hydrogen-bond donors (Lipinski definition) is 6. The van der Waals surface area contributed by atoms with Crippen molar-refractivity contribution >= 4 is 17.9 Å². The van der Waals surface area contributed by atoms with E-state index in [1.54, 1.807) is 0 Å². The van der Waals surface area contributed by atoms with E-state index in [0.29, 0.717) is 37.2 Å². The molecule has 8 N–H and O–H groups in total. The fraction of sp³-hybridized carbons (Fsp3) is 0.897. The van der Waals surface area contributed by atoms with E-state index in [1.165, 1.54) is 19.3 Å². The van der Waals surface area contributed by atoms with E-state index >= 15 is 0 Å². The summed E-state index contributed by atoms with van der Waals surface area (Å²) in [4.78, 5) is 30.7. The van der Waals surface area contributed by atoms with Gasteiger partial charge in [0.05, 0.1) is 18.4 Å². The minimum atomic E-state index is -0.907. The van der Waals surface area contributed by atoms with Gasteiger partial charge in [0.1, 0.15) is 6.61 Å². The lowest BCUT2D eigenvalue weighted by Crippen LogP contribution is -2.23. The van der Waals surface area contributed by atoms with Gasteiger partial charge in [-0.1, -0.05) is 81.1 Å². The Bertz CT molecular complexity index is 539. The van der Waals surface area contributed by atoms with Gasteiger partial charge in [0.2, 0.25) is 0 Å². The Balaban J connectivity index is -0.000000211. The molecule has 10 heteroatoms. The molecule has 0 aliphatic heterocycles. The highest BCUT2D eigenvalue weighted by atomic mass is 16.5. The van der Waals surface area contributed by atoms with Crippen LogP contribution in [0.3, 0.4) is 0 Å². The van der Waals surface area contributed by atoms with Crippen LogP contribution in [0.25, 0.3) is 0 Å². The third-order valence-corrected chi connectivity index (χ3v) is 5.30. The summed E-state index contributed by atoms with van der Waals surface area (Å²) in [6.07, 6.45) is 6.89. The zero-order valence-electron chi connectivity index (χ0n) is 26.0. The van der Waals surface area contributed by atoms with Gasteiger partial charge in [-0.2, -0.15) is 0 Å². The van der Waals surface area contributed by atoms with Gasteiger partial charge in [-0.15, -0.1) is 0 Å².